The predicted molar refractivity (Wildman–Crippen MR) is 75.8 cm³/mol. The van der Waals surface area contributed by atoms with Crippen LogP contribution < -0.4 is 5.73 Å². The summed E-state index contributed by atoms with van der Waals surface area (Å²) in [6.07, 6.45) is -1.58. The highest BCUT2D eigenvalue weighted by Gasteiger charge is 2.34. The van der Waals surface area contributed by atoms with Crippen LogP contribution in [0.1, 0.15) is 30.4 Å². The summed E-state index contributed by atoms with van der Waals surface area (Å²) in [6, 6.07) is 3.40. The van der Waals surface area contributed by atoms with Crippen LogP contribution in [0.15, 0.2) is 18.2 Å². The van der Waals surface area contributed by atoms with Crippen molar-refractivity contribution in [3.63, 3.8) is 0 Å². The van der Waals surface area contributed by atoms with Crippen molar-refractivity contribution in [3.05, 3.63) is 35.1 Å². The summed E-state index contributed by atoms with van der Waals surface area (Å²) in [5.41, 5.74) is 4.96. The first kappa shape index (κ1) is 18.2. The van der Waals surface area contributed by atoms with Crippen LogP contribution in [0.25, 0.3) is 0 Å². The van der Waals surface area contributed by atoms with E-state index in [1.54, 1.807) is 0 Å². The van der Waals surface area contributed by atoms with Crippen molar-refractivity contribution in [2.45, 2.75) is 38.0 Å². The molecule has 1 fully saturated rings. The molecule has 120 valence electrons. The van der Waals surface area contributed by atoms with Crippen LogP contribution in [0.5, 0.6) is 0 Å². The Balaban J connectivity index is 0.00000220. The van der Waals surface area contributed by atoms with Gasteiger partial charge in [0, 0.05) is 19.1 Å². The second kappa shape index (κ2) is 7.42. The zero-order valence-electron chi connectivity index (χ0n) is 11.5. The molecule has 1 aromatic rings. The summed E-state index contributed by atoms with van der Waals surface area (Å²) in [5.74, 6) is -1.23. The van der Waals surface area contributed by atoms with E-state index in [0.717, 1.165) is 37.9 Å². The van der Waals surface area contributed by atoms with Crippen LogP contribution in [0, 0.1) is 5.82 Å². The number of alkyl halides is 3. The van der Waals surface area contributed by atoms with Gasteiger partial charge in [-0.2, -0.15) is 13.2 Å². The van der Waals surface area contributed by atoms with Crippen LogP contribution in [-0.4, -0.2) is 24.0 Å². The second-order valence-electron chi connectivity index (χ2n) is 5.17. The Labute approximate surface area is 127 Å². The number of rotatable bonds is 3. The van der Waals surface area contributed by atoms with Crippen LogP contribution in [0.4, 0.5) is 17.6 Å². The van der Waals surface area contributed by atoms with Gasteiger partial charge in [-0.25, -0.2) is 4.39 Å². The highest BCUT2D eigenvalue weighted by Crippen LogP contribution is 2.32. The highest BCUT2D eigenvalue weighted by atomic mass is 35.5. The summed E-state index contributed by atoms with van der Waals surface area (Å²) in [7, 11) is 0. The van der Waals surface area contributed by atoms with E-state index < -0.39 is 17.6 Å². The van der Waals surface area contributed by atoms with Gasteiger partial charge in [-0.1, -0.05) is 12.5 Å². The molecule has 0 bridgehead atoms. The van der Waals surface area contributed by atoms with Crippen LogP contribution in [0.3, 0.4) is 0 Å². The smallest absolute Gasteiger partial charge is 0.329 e. The van der Waals surface area contributed by atoms with Gasteiger partial charge in [0.25, 0.3) is 0 Å². The van der Waals surface area contributed by atoms with Crippen molar-refractivity contribution in [2.75, 3.05) is 13.1 Å². The first-order chi connectivity index (χ1) is 9.41. The number of hydrogen-bond donors (Lipinski definition) is 1. The number of hydrogen-bond acceptors (Lipinski definition) is 2. The fourth-order valence-electron chi connectivity index (χ4n) is 2.66. The monoisotopic (exact) mass is 326 g/mol. The Hall–Kier alpha value is -0.850. The van der Waals surface area contributed by atoms with Crippen LogP contribution >= 0.6 is 12.4 Å². The summed E-state index contributed by atoms with van der Waals surface area (Å²) in [6.45, 7) is 1.69. The zero-order chi connectivity index (χ0) is 14.8. The van der Waals surface area contributed by atoms with Gasteiger partial charge in [0.1, 0.15) is 5.82 Å². The molecule has 0 radical (unpaired) electrons. The molecular formula is C14H19ClF4N2. The topological polar surface area (TPSA) is 29.3 Å². The van der Waals surface area contributed by atoms with Crippen molar-refractivity contribution in [3.8, 4) is 0 Å². The summed E-state index contributed by atoms with van der Waals surface area (Å²) < 4.78 is 51.3. The molecule has 7 heteroatoms. The number of nitrogens with two attached hydrogens (primary N) is 1. The first-order valence-electron chi connectivity index (χ1n) is 6.71. The normalized spacial score (nSPS) is 20.1. The van der Waals surface area contributed by atoms with E-state index in [4.69, 9.17) is 5.73 Å². The third-order valence-electron chi connectivity index (χ3n) is 3.74. The lowest BCUT2D eigenvalue weighted by molar-refractivity contribution is -0.140. The lowest BCUT2D eigenvalue weighted by Gasteiger charge is -2.35. The first-order valence-corrected chi connectivity index (χ1v) is 6.71. The van der Waals surface area contributed by atoms with Crippen molar-refractivity contribution in [2.24, 2.45) is 5.73 Å². The highest BCUT2D eigenvalue weighted by molar-refractivity contribution is 5.85. The maximum absolute atomic E-state index is 13.2. The number of piperidine rings is 1. The molecule has 1 saturated heterocycles. The molecule has 0 spiro atoms. The minimum Gasteiger partial charge on any atom is -0.329 e. The van der Waals surface area contributed by atoms with Crippen LogP contribution in [0.2, 0.25) is 0 Å². The molecule has 0 amide bonds. The zero-order valence-corrected chi connectivity index (χ0v) is 12.3. The average molecular weight is 327 g/mol. The quantitative estimate of drug-likeness (QED) is 0.860. The standard InChI is InChI=1S/C14H18F4N2.ClH/c15-13-5-4-10(7-12(13)14(16,17)18)9-20-6-2-1-3-11(20)8-19;/h4-5,7,11H,1-3,6,8-9,19H2;1H. The molecular weight excluding hydrogens is 308 g/mol. The third-order valence-corrected chi connectivity index (χ3v) is 3.74. The maximum Gasteiger partial charge on any atom is 0.419 e. The Bertz CT molecular complexity index is 465. The average Bonchev–Trinajstić information content (AvgIpc) is 2.40. The Morgan fingerprint density at radius 3 is 2.57 bits per heavy atom. The number of benzene rings is 1. The number of likely N-dealkylation sites (tertiary alicyclic amines) is 1. The van der Waals surface area contributed by atoms with E-state index in [2.05, 4.69) is 4.90 Å². The van der Waals surface area contributed by atoms with Crippen LogP contribution in [-0.2, 0) is 12.7 Å². The molecule has 1 atom stereocenters. The van der Waals surface area contributed by atoms with Crippen molar-refractivity contribution < 1.29 is 17.6 Å². The molecule has 1 heterocycles. The van der Waals surface area contributed by atoms with E-state index in [-0.39, 0.29) is 18.4 Å². The van der Waals surface area contributed by atoms with Gasteiger partial charge in [-0.15, -0.1) is 12.4 Å². The SMILES string of the molecule is Cl.NCC1CCCCN1Cc1ccc(F)c(C(F)(F)F)c1. The lowest BCUT2D eigenvalue weighted by Crippen LogP contribution is -2.43. The molecule has 1 aliphatic heterocycles. The number of nitrogens with zero attached hydrogens (tertiary/aromatic N) is 1. The molecule has 0 aliphatic carbocycles. The van der Waals surface area contributed by atoms with Crippen molar-refractivity contribution in [1.82, 2.24) is 4.90 Å². The van der Waals surface area contributed by atoms with Gasteiger partial charge in [0.15, 0.2) is 0 Å². The van der Waals surface area contributed by atoms with Gasteiger partial charge in [0.05, 0.1) is 5.56 Å². The van der Waals surface area contributed by atoms with Gasteiger partial charge < -0.3 is 5.73 Å². The van der Waals surface area contributed by atoms with Crippen molar-refractivity contribution in [1.29, 1.82) is 0 Å². The molecule has 2 rings (SSSR count). The van der Waals surface area contributed by atoms with Gasteiger partial charge in [0.2, 0.25) is 0 Å². The summed E-state index contributed by atoms with van der Waals surface area (Å²) in [4.78, 5) is 2.08. The maximum atomic E-state index is 13.2. The van der Waals surface area contributed by atoms with Crippen molar-refractivity contribution >= 4 is 12.4 Å². The summed E-state index contributed by atoms with van der Waals surface area (Å²) in [5, 5.41) is 0. The fourth-order valence-corrected chi connectivity index (χ4v) is 2.66. The molecule has 2 N–H and O–H groups in total. The Morgan fingerprint density at radius 2 is 1.95 bits per heavy atom. The van der Waals surface area contributed by atoms with Gasteiger partial charge in [-0.3, -0.25) is 4.90 Å². The third kappa shape index (κ3) is 4.56. The molecule has 21 heavy (non-hydrogen) atoms. The lowest BCUT2D eigenvalue weighted by atomic mass is 10.0. The Morgan fingerprint density at radius 1 is 1.24 bits per heavy atom. The minimum absolute atomic E-state index is 0. The molecule has 1 aromatic carbocycles. The van der Waals surface area contributed by atoms with E-state index in [9.17, 15) is 17.6 Å². The molecule has 1 unspecified atom stereocenters. The summed E-state index contributed by atoms with van der Waals surface area (Å²) >= 11 is 0. The second-order valence-corrected chi connectivity index (χ2v) is 5.17. The fraction of sp³-hybridized carbons (Fsp3) is 0.571. The van der Waals surface area contributed by atoms with Gasteiger partial charge in [-0.05, 0) is 37.1 Å². The molecule has 0 aromatic heterocycles. The van der Waals surface area contributed by atoms with E-state index in [1.165, 1.54) is 6.07 Å². The van der Waals surface area contributed by atoms with E-state index in [0.29, 0.717) is 18.7 Å². The molecule has 1 aliphatic rings. The van der Waals surface area contributed by atoms with E-state index >= 15 is 0 Å². The molecule has 0 saturated carbocycles. The minimum atomic E-state index is -4.66. The largest absolute Gasteiger partial charge is 0.419 e. The Kier molecular flexibility index (Phi) is 6.43. The molecule has 2 nitrogen and oxygen atoms in total. The predicted octanol–water partition coefficient (Wildman–Crippen LogP) is 3.58. The van der Waals surface area contributed by atoms with Gasteiger partial charge >= 0.3 is 6.18 Å². The number of halogens is 5. The van der Waals surface area contributed by atoms with E-state index in [1.807, 2.05) is 0 Å².